The second kappa shape index (κ2) is 48.5. The highest BCUT2D eigenvalue weighted by Crippen LogP contribution is 2.32. The van der Waals surface area contributed by atoms with E-state index in [1.807, 2.05) is 165 Å². The van der Waals surface area contributed by atoms with Crippen LogP contribution in [-0.2, 0) is 22.7 Å². The number of ketones is 2. The lowest BCUT2D eigenvalue weighted by Gasteiger charge is -2.31. The van der Waals surface area contributed by atoms with E-state index in [0.29, 0.717) is 74.0 Å². The average molecular weight is 1680 g/mol. The van der Waals surface area contributed by atoms with E-state index in [1.54, 1.807) is 95.5 Å². The van der Waals surface area contributed by atoms with Crippen LogP contribution in [0.15, 0.2) is 189 Å². The Hall–Kier alpha value is -13.9. The second-order valence-electron chi connectivity index (χ2n) is 29.6. The Morgan fingerprint density at radius 2 is 0.790 bits per heavy atom. The van der Waals surface area contributed by atoms with Gasteiger partial charge in [0.25, 0.3) is 0 Å². The summed E-state index contributed by atoms with van der Waals surface area (Å²) < 4.78 is 16.8. The monoisotopic (exact) mass is 1680 g/mol. The smallest absolute Gasteiger partial charge is 0.410 e. The molecule has 6 aromatic heterocycles. The van der Waals surface area contributed by atoms with Crippen LogP contribution in [-0.4, -0.2) is 161 Å². The Labute approximate surface area is 724 Å². The van der Waals surface area contributed by atoms with Gasteiger partial charge >= 0.3 is 18.2 Å². The highest BCUT2D eigenvalue weighted by Gasteiger charge is 2.29. The molecule has 8 N–H and O–H groups in total. The zero-order valence-electron chi connectivity index (χ0n) is 69.7. The fourth-order valence-electron chi connectivity index (χ4n) is 13.6. The number of hydrogen-bond acceptors (Lipinski definition) is 25. The molecule has 124 heavy (non-hydrogen) atoms. The number of aromatic carboxylic acids is 1. The van der Waals surface area contributed by atoms with Crippen molar-refractivity contribution in [3.8, 4) is 52.0 Å². The van der Waals surface area contributed by atoms with Crippen molar-refractivity contribution in [2.45, 2.75) is 164 Å². The summed E-state index contributed by atoms with van der Waals surface area (Å²) in [4.78, 5) is 92.0. The summed E-state index contributed by atoms with van der Waals surface area (Å²) in [6.07, 6.45) is 23.6. The van der Waals surface area contributed by atoms with Gasteiger partial charge < -0.3 is 56.5 Å². The lowest BCUT2D eigenvalue weighted by Crippen LogP contribution is -2.39. The predicted octanol–water partition coefficient (Wildman–Crippen LogP) is 17.1. The van der Waals surface area contributed by atoms with Crippen LogP contribution in [0.5, 0.6) is 0 Å². The molecule has 0 bridgehead atoms. The summed E-state index contributed by atoms with van der Waals surface area (Å²) in [5, 5.41) is 69.0. The minimum absolute atomic E-state index is 0. The number of aliphatic hydroxyl groups excluding tert-OH is 1. The number of carboxylic acids is 1. The number of hydrogen-bond donors (Lipinski definition) is 7. The van der Waals surface area contributed by atoms with Gasteiger partial charge in [0.05, 0.1) is 113 Å². The molecule has 5 aromatic carbocycles. The first kappa shape index (κ1) is 95.5. The Kier molecular flexibility index (Phi) is 37.4. The number of likely N-dealkylation sites (tertiary alicyclic amines) is 2. The topological polar surface area (TPSA) is 427 Å². The summed E-state index contributed by atoms with van der Waals surface area (Å²) >= 11 is 0. The summed E-state index contributed by atoms with van der Waals surface area (Å²) in [5.41, 5.74) is 18.5. The first-order valence-corrected chi connectivity index (χ1v) is 40.8. The van der Waals surface area contributed by atoms with Gasteiger partial charge in [-0.1, -0.05) is 157 Å². The van der Waals surface area contributed by atoms with Gasteiger partial charge in [-0.05, 0) is 132 Å². The minimum atomic E-state index is -0.969. The molecule has 0 radical (unpaired) electrons. The molecular formula is C93H112N22O9. The van der Waals surface area contributed by atoms with Gasteiger partial charge in [0.2, 0.25) is 17.8 Å². The minimum Gasteiger partial charge on any atom is -0.478 e. The number of piperidine rings is 3. The van der Waals surface area contributed by atoms with Crippen LogP contribution < -0.4 is 27.0 Å². The highest BCUT2D eigenvalue weighted by molar-refractivity contribution is 5.97. The molecule has 31 nitrogen and oxygen atoms in total. The first-order chi connectivity index (χ1) is 59.3. The summed E-state index contributed by atoms with van der Waals surface area (Å²) in [5.74, 6) is -0.163. The van der Waals surface area contributed by atoms with Crippen LogP contribution in [0.1, 0.15) is 183 Å². The van der Waals surface area contributed by atoms with E-state index in [1.165, 1.54) is 0 Å². The number of benzene rings is 5. The van der Waals surface area contributed by atoms with Crippen LogP contribution in [0, 0.1) is 66.6 Å². The van der Waals surface area contributed by atoms with Crippen LogP contribution in [0.3, 0.4) is 0 Å². The molecule has 3 fully saturated rings. The lowest BCUT2D eigenvalue weighted by molar-refractivity contribution is 0.0695. The van der Waals surface area contributed by atoms with Crippen molar-refractivity contribution in [1.82, 2.24) is 74.4 Å². The number of Topliss-reactive ketones (excluding diaryl/α,β-unsaturated/α-hetero) is 2. The fourth-order valence-corrected chi connectivity index (χ4v) is 13.6. The van der Waals surface area contributed by atoms with Gasteiger partial charge in [-0.3, -0.25) is 23.6 Å². The number of nitriles is 3. The van der Waals surface area contributed by atoms with E-state index in [9.17, 15) is 29.2 Å². The molecule has 31 heteroatoms. The number of rotatable bonds is 26. The SMILES string of the molecule is C.C.CC[C@@H](C#N)CC(=O)c1ccc(-c2nc(Nc3cnn(C4CCN(C(=O)OCc5ccccc5)CC4)c3)ncc2C)cc1.CC[C@@H](C#N)CC(=O)c1ccc(-c2nc(Nc3cnn(C4CCNCC4)c3)ncc2C)cc1.CC[C@H](N)C#N.CO.Cc1cnc(Nc2cnn(C3CCN(C(=O)OCc4ccccc4)CC3)c2)nc1-c1ccc(C(=O)O)cc1. The summed E-state index contributed by atoms with van der Waals surface area (Å²) in [6, 6.07) is 47.4. The molecule has 0 unspecified atom stereocenters. The number of aliphatic hydroxyl groups is 1. The molecule has 0 spiro atoms. The summed E-state index contributed by atoms with van der Waals surface area (Å²) in [7, 11) is 1.00. The van der Waals surface area contributed by atoms with E-state index in [4.69, 9.17) is 45.9 Å². The van der Waals surface area contributed by atoms with Crippen LogP contribution in [0.2, 0.25) is 0 Å². The van der Waals surface area contributed by atoms with E-state index >= 15 is 0 Å². The van der Waals surface area contributed by atoms with Crippen molar-refractivity contribution in [1.29, 1.82) is 15.8 Å². The number of carboxylic acid groups (broad SMARTS) is 1. The lowest BCUT2D eigenvalue weighted by atomic mass is 9.96. The number of nitrogens with zero attached hydrogens (tertiary/aromatic N) is 17. The molecular weight excluding hydrogens is 1570 g/mol. The zero-order valence-corrected chi connectivity index (χ0v) is 69.7. The van der Waals surface area contributed by atoms with Gasteiger partial charge in [-0.15, -0.1) is 0 Å². The number of anilines is 6. The van der Waals surface area contributed by atoms with Crippen LogP contribution in [0.4, 0.5) is 44.5 Å². The van der Waals surface area contributed by atoms with Gasteiger partial charge in [-0.25, -0.2) is 44.3 Å². The van der Waals surface area contributed by atoms with Crippen molar-refractivity contribution < 1.29 is 43.7 Å². The molecule has 14 rings (SSSR count). The Bertz CT molecular complexity index is 5350. The normalized spacial score (nSPS) is 13.8. The van der Waals surface area contributed by atoms with Gasteiger partial charge in [0.1, 0.15) is 13.2 Å². The maximum absolute atomic E-state index is 12.6. The Morgan fingerprint density at radius 1 is 0.468 bits per heavy atom. The molecule has 3 aliphatic heterocycles. The molecule has 11 aromatic rings. The van der Waals surface area contributed by atoms with Gasteiger partial charge in [0.15, 0.2) is 11.6 Å². The summed E-state index contributed by atoms with van der Waals surface area (Å²) in [6.45, 7) is 16.5. The maximum atomic E-state index is 12.6. The van der Waals surface area contributed by atoms with Crippen molar-refractivity contribution in [2.75, 3.05) is 62.3 Å². The number of nitrogens with two attached hydrogens (primary N) is 1. The van der Waals surface area contributed by atoms with Gasteiger partial charge in [0, 0.05) is 111 Å². The number of nitrogens with one attached hydrogen (secondary N) is 4. The number of aryl methyl sites for hydroxylation is 3. The average Bonchev–Trinajstić information content (AvgIpc) is 0.953. The standard InChI is InChI=1S/C33H35N7O3.C28H28N6O4.C25H29N7O.C4H8N2.CH4O.2CH4/c1-3-24(18-34)17-30(41)26-9-11-27(12-10-26)31-23(2)19-35-32(38-31)37-28-20-36-40(21-28)29-13-15-39(16-14-29)33(42)43-22-25-7-5-4-6-8-25;1-19-15-29-27(32-25(19)21-7-9-22(10-8-21)26(35)36)31-23-16-30-34(17-23)24-11-13-33(14-12-24)28(37)38-18-20-5-3-2-4-6-20;1-3-18(13-26)12-23(33)19-4-6-20(7-5-19)24-17(2)14-28-25(31-24)30-21-15-29-32(16-21)22-8-10-27-11-9-22;1-2-4(6)3-5;1-2;;/h4-12,19-21,24,29H,3,13-17,22H2,1-2H3,(H,35,37,38);2-10,15-17,24H,11-14,18H2,1H3,(H,35,36)(H,29,31,32);4-7,14-16,18,22,27H,3,8-12H2,1-2H3,(H,28,30,31);4H,2,6H2,1H3;2H,1H3;2*1H4/t24-;;18-;4-;;;/m1.10.../s1. The van der Waals surface area contributed by atoms with E-state index in [-0.39, 0.29) is 100 Å². The molecule has 648 valence electrons. The number of ether oxygens (including phenoxy) is 2. The van der Waals surface area contributed by atoms with E-state index < -0.39 is 5.97 Å². The maximum Gasteiger partial charge on any atom is 0.410 e. The van der Waals surface area contributed by atoms with Crippen LogP contribution in [0.25, 0.3) is 33.8 Å². The van der Waals surface area contributed by atoms with E-state index in [2.05, 4.69) is 68.6 Å². The number of aromatic nitrogens is 12. The quantitative estimate of drug-likeness (QED) is 0.0248. The predicted molar refractivity (Wildman–Crippen MR) is 476 cm³/mol. The fraction of sp³-hybridized carbons (Fsp3) is 0.366. The first-order valence-electron chi connectivity index (χ1n) is 40.8. The van der Waals surface area contributed by atoms with Crippen molar-refractivity contribution >= 4 is 64.6 Å². The largest absolute Gasteiger partial charge is 0.478 e. The van der Waals surface area contributed by atoms with Crippen molar-refractivity contribution in [2.24, 2.45) is 17.6 Å². The third-order valence-corrected chi connectivity index (χ3v) is 21.0. The second-order valence-corrected chi connectivity index (χ2v) is 29.6. The zero-order chi connectivity index (χ0) is 86.9. The highest BCUT2D eigenvalue weighted by atomic mass is 16.6. The Balaban J connectivity index is 0.000000220. The molecule has 0 aliphatic carbocycles. The third-order valence-electron chi connectivity index (χ3n) is 21.0. The number of carbonyl (C=O) groups is 5. The molecule has 0 saturated carbocycles. The van der Waals surface area contributed by atoms with Gasteiger partial charge in [-0.2, -0.15) is 31.1 Å². The number of amides is 2. The van der Waals surface area contributed by atoms with Crippen molar-refractivity contribution in [3.05, 3.63) is 234 Å². The third kappa shape index (κ3) is 27.5. The molecule has 3 atom stereocenters. The molecule has 3 aliphatic rings. The van der Waals surface area contributed by atoms with E-state index in [0.717, 1.165) is 144 Å². The molecule has 2 amide bonds. The van der Waals surface area contributed by atoms with Crippen molar-refractivity contribution in [3.63, 3.8) is 0 Å². The molecule has 3 saturated heterocycles. The number of carbonyl (C=O) groups excluding carboxylic acids is 4. The molecule has 9 heterocycles. The van der Waals surface area contributed by atoms with Crippen LogP contribution >= 0.6 is 0 Å². The Morgan fingerprint density at radius 3 is 1.08 bits per heavy atom.